The summed E-state index contributed by atoms with van der Waals surface area (Å²) in [6.07, 6.45) is 0. The maximum absolute atomic E-state index is 6.46. The molecule has 0 radical (unpaired) electrons. The van der Waals surface area contributed by atoms with Gasteiger partial charge in [0.25, 0.3) is 0 Å². The van der Waals surface area contributed by atoms with E-state index in [4.69, 9.17) is 25.9 Å². The molecule has 9 aromatic carbocycles. The number of hydrogen-bond donors (Lipinski definition) is 2. The molecule has 65 heavy (non-hydrogen) atoms. The van der Waals surface area contributed by atoms with Crippen molar-refractivity contribution < 1.29 is 4.42 Å². The molecule has 312 valence electrons. The van der Waals surface area contributed by atoms with Gasteiger partial charge in [-0.15, -0.1) is 0 Å². The van der Waals surface area contributed by atoms with E-state index < -0.39 is 0 Å². The third kappa shape index (κ3) is 7.20. The average molecular weight is 841 g/mol. The minimum Gasteiger partial charge on any atom is -0.436 e. The maximum atomic E-state index is 6.46. The second-order valence-electron chi connectivity index (χ2n) is 16.0. The number of benzene rings is 9. The highest BCUT2D eigenvalue weighted by atomic mass is 16.3. The lowest BCUT2D eigenvalue weighted by atomic mass is 9.99. The number of oxazole rings is 1. The number of amidine groups is 1. The van der Waals surface area contributed by atoms with Crippen molar-refractivity contribution >= 4 is 60.5 Å². The zero-order valence-electron chi connectivity index (χ0n) is 35.6. The van der Waals surface area contributed by atoms with Crippen molar-refractivity contribution in [3.05, 3.63) is 235 Å². The van der Waals surface area contributed by atoms with E-state index in [2.05, 4.69) is 130 Å². The molecule has 0 unspecified atom stereocenters. The summed E-state index contributed by atoms with van der Waals surface area (Å²) in [5, 5.41) is 4.55. The number of fused-ring (bicyclic) bond motifs is 8. The van der Waals surface area contributed by atoms with Crippen LogP contribution < -0.4 is 11.5 Å². The van der Waals surface area contributed by atoms with Gasteiger partial charge >= 0.3 is 0 Å². The molecule has 0 spiro atoms. The molecule has 7 heteroatoms. The van der Waals surface area contributed by atoms with E-state index in [-0.39, 0.29) is 0 Å². The Balaban J connectivity index is 0.000000532. The van der Waals surface area contributed by atoms with Crippen molar-refractivity contribution in [3.8, 4) is 34.0 Å². The van der Waals surface area contributed by atoms with Gasteiger partial charge in [-0.3, -0.25) is 4.99 Å². The minimum atomic E-state index is 0.446. The summed E-state index contributed by atoms with van der Waals surface area (Å²) in [5.41, 5.74) is 26.3. The molecular formula is C58H44N6O. The van der Waals surface area contributed by atoms with Crippen molar-refractivity contribution in [2.45, 2.75) is 13.1 Å². The normalized spacial score (nSPS) is 11.7. The zero-order valence-corrected chi connectivity index (χ0v) is 35.6. The molecule has 0 bridgehead atoms. The smallest absolute Gasteiger partial charge is 0.227 e. The zero-order chi connectivity index (χ0) is 43.7. The van der Waals surface area contributed by atoms with Crippen LogP contribution in [0, 0.1) is 0 Å². The van der Waals surface area contributed by atoms with Crippen molar-refractivity contribution in [1.29, 1.82) is 0 Å². The van der Waals surface area contributed by atoms with Gasteiger partial charge in [0, 0.05) is 44.9 Å². The summed E-state index contributed by atoms with van der Waals surface area (Å²) in [6.45, 7) is 1.09. The van der Waals surface area contributed by atoms with Crippen LogP contribution in [-0.4, -0.2) is 20.0 Å². The molecule has 0 atom stereocenters. The maximum Gasteiger partial charge on any atom is 0.227 e. The monoisotopic (exact) mass is 840 g/mol. The fourth-order valence-corrected chi connectivity index (χ4v) is 9.10. The standard InChI is InChI=1S/C51H35N5O.C7H9N/c52-50(35-18-6-2-7-19-35)53-32-33-15-12-22-37(31-33)55-43-29-30-45-48(54-51(57-45)36-20-8-3-9-21-36)47(43)40-25-14-28-44(49(40)55)56-41-26-11-10-23-39(41)46-38(24-13-27-42(46)56)34-16-4-1-5-17-34;8-6-7-4-2-1-3-5-7/h1-31H,32H2,(H2,52,53);1-5H,6,8H2. The molecule has 0 amide bonds. The van der Waals surface area contributed by atoms with Crippen LogP contribution in [-0.2, 0) is 13.1 Å². The summed E-state index contributed by atoms with van der Waals surface area (Å²) < 4.78 is 11.3. The number of nitrogens with zero attached hydrogens (tertiary/aromatic N) is 4. The fourth-order valence-electron chi connectivity index (χ4n) is 9.10. The fraction of sp³-hybridized carbons (Fsp3) is 0.0345. The van der Waals surface area contributed by atoms with Gasteiger partial charge in [-0.25, -0.2) is 4.98 Å². The number of hydrogen-bond acceptors (Lipinski definition) is 4. The van der Waals surface area contributed by atoms with Crippen LogP contribution in [0.5, 0.6) is 0 Å². The summed E-state index contributed by atoms with van der Waals surface area (Å²) in [4.78, 5) is 9.99. The number of aromatic nitrogens is 3. The predicted octanol–water partition coefficient (Wildman–Crippen LogP) is 13.4. The molecule has 0 aliphatic heterocycles. The average Bonchev–Trinajstić information content (AvgIpc) is 4.08. The lowest BCUT2D eigenvalue weighted by Crippen LogP contribution is -2.13. The summed E-state index contributed by atoms with van der Waals surface area (Å²) >= 11 is 0. The first-order valence-corrected chi connectivity index (χ1v) is 21.8. The van der Waals surface area contributed by atoms with Gasteiger partial charge in [-0.2, -0.15) is 0 Å². The van der Waals surface area contributed by atoms with E-state index in [1.54, 1.807) is 0 Å². The molecule has 3 aromatic heterocycles. The molecule has 0 saturated carbocycles. The van der Waals surface area contributed by atoms with E-state index >= 15 is 0 Å². The highest BCUT2D eigenvalue weighted by molar-refractivity contribution is 6.22. The van der Waals surface area contributed by atoms with Crippen molar-refractivity contribution in [3.63, 3.8) is 0 Å². The van der Waals surface area contributed by atoms with E-state index in [9.17, 15) is 0 Å². The van der Waals surface area contributed by atoms with Gasteiger partial charge in [0.2, 0.25) is 5.89 Å². The van der Waals surface area contributed by atoms with Crippen LogP contribution in [0.4, 0.5) is 0 Å². The van der Waals surface area contributed by atoms with Crippen molar-refractivity contribution in [1.82, 2.24) is 14.1 Å². The second kappa shape index (κ2) is 17.0. The van der Waals surface area contributed by atoms with Crippen LogP contribution in [0.1, 0.15) is 16.7 Å². The van der Waals surface area contributed by atoms with E-state index in [0.29, 0.717) is 24.8 Å². The quantitative estimate of drug-likeness (QED) is 0.118. The van der Waals surface area contributed by atoms with Gasteiger partial charge < -0.3 is 25.0 Å². The molecule has 0 aliphatic carbocycles. The molecule has 12 aromatic rings. The Bertz CT molecular complexity index is 3660. The first-order valence-electron chi connectivity index (χ1n) is 21.8. The predicted molar refractivity (Wildman–Crippen MR) is 269 cm³/mol. The Morgan fingerprint density at radius 2 is 1.14 bits per heavy atom. The SMILES string of the molecule is NC(=NCc1cccc(-n2c3ccc4oc(-c5ccccc5)nc4c3c3cccc(-n4c5ccccc5c5c(-c6ccccc6)cccc54)c32)c1)c1ccccc1.NCc1ccccc1. The second-order valence-corrected chi connectivity index (χ2v) is 16.0. The van der Waals surface area contributed by atoms with E-state index in [1.165, 1.54) is 27.5 Å². The van der Waals surface area contributed by atoms with Crippen LogP contribution >= 0.6 is 0 Å². The number of para-hydroxylation sites is 2. The number of nitrogens with two attached hydrogens (primary N) is 2. The minimum absolute atomic E-state index is 0.446. The first kappa shape index (κ1) is 39.3. The van der Waals surface area contributed by atoms with E-state index in [1.807, 2.05) is 97.1 Å². The Hall–Kier alpha value is -8.52. The van der Waals surface area contributed by atoms with Crippen molar-refractivity contribution in [2.24, 2.45) is 16.5 Å². The van der Waals surface area contributed by atoms with Gasteiger partial charge in [0.1, 0.15) is 11.4 Å². The van der Waals surface area contributed by atoms with E-state index in [0.717, 1.165) is 72.0 Å². The van der Waals surface area contributed by atoms with Gasteiger partial charge in [0.05, 0.1) is 34.3 Å². The van der Waals surface area contributed by atoms with Crippen LogP contribution in [0.15, 0.2) is 228 Å². The lowest BCUT2D eigenvalue weighted by Gasteiger charge is -2.15. The summed E-state index contributed by atoms with van der Waals surface area (Å²) in [5.74, 6) is 1.12. The molecule has 7 nitrogen and oxygen atoms in total. The Morgan fingerprint density at radius 1 is 0.523 bits per heavy atom. The molecule has 0 saturated heterocycles. The molecule has 4 N–H and O–H groups in total. The largest absolute Gasteiger partial charge is 0.436 e. The topological polar surface area (TPSA) is 100 Å². The van der Waals surface area contributed by atoms with Crippen LogP contribution in [0.25, 0.3) is 88.7 Å². The highest BCUT2D eigenvalue weighted by Crippen LogP contribution is 2.44. The Morgan fingerprint density at radius 3 is 1.89 bits per heavy atom. The molecule has 0 fully saturated rings. The molecule has 0 aliphatic rings. The Labute approximate surface area is 376 Å². The third-order valence-corrected chi connectivity index (χ3v) is 12.1. The molecule has 12 rings (SSSR count). The lowest BCUT2D eigenvalue weighted by molar-refractivity contribution is 0.620. The molecular weight excluding hydrogens is 797 g/mol. The Kier molecular flexibility index (Phi) is 10.3. The summed E-state index contributed by atoms with van der Waals surface area (Å²) in [6, 6.07) is 75.5. The first-order chi connectivity index (χ1) is 32.1. The van der Waals surface area contributed by atoms with Crippen molar-refractivity contribution in [2.75, 3.05) is 0 Å². The van der Waals surface area contributed by atoms with Gasteiger partial charge in [-0.05, 0) is 76.9 Å². The molecule has 3 heterocycles. The van der Waals surface area contributed by atoms with Gasteiger partial charge in [-0.1, -0.05) is 164 Å². The van der Waals surface area contributed by atoms with Crippen LogP contribution in [0.2, 0.25) is 0 Å². The third-order valence-electron chi connectivity index (χ3n) is 12.1. The number of rotatable bonds is 8. The highest BCUT2D eigenvalue weighted by Gasteiger charge is 2.24. The van der Waals surface area contributed by atoms with Crippen LogP contribution in [0.3, 0.4) is 0 Å². The van der Waals surface area contributed by atoms with Gasteiger partial charge in [0.15, 0.2) is 5.58 Å². The summed E-state index contributed by atoms with van der Waals surface area (Å²) in [7, 11) is 0. The number of aliphatic imine (C=N–C) groups is 1.